The Kier molecular flexibility index (Phi) is 6.87. The lowest BCUT2D eigenvalue weighted by atomic mass is 10.2. The molecule has 0 saturated heterocycles. The fourth-order valence-electron chi connectivity index (χ4n) is 1.42. The smallest absolute Gasteiger partial charge is 0.308 e. The van der Waals surface area contributed by atoms with E-state index < -0.39 is 11.9 Å². The minimum Gasteiger partial charge on any atom is -0.492 e. The number of carbonyl (C=O) groups is 2. The highest BCUT2D eigenvalue weighted by atomic mass is 35.5. The molecule has 1 aromatic rings. The number of amides is 1. The van der Waals surface area contributed by atoms with E-state index in [0.717, 1.165) is 0 Å². The van der Waals surface area contributed by atoms with Crippen LogP contribution in [-0.2, 0) is 9.59 Å². The largest absolute Gasteiger partial charge is 0.492 e. The summed E-state index contributed by atoms with van der Waals surface area (Å²) >= 11 is 5.92. The van der Waals surface area contributed by atoms with Crippen LogP contribution in [0.25, 0.3) is 0 Å². The van der Waals surface area contributed by atoms with Crippen LogP contribution >= 0.6 is 11.6 Å². The Morgan fingerprint density at radius 1 is 1.40 bits per heavy atom. The number of carbonyl (C=O) groups excluding carboxylic acids is 1. The van der Waals surface area contributed by atoms with Gasteiger partial charge in [0.15, 0.2) is 0 Å². The van der Waals surface area contributed by atoms with Crippen LogP contribution in [0.15, 0.2) is 24.3 Å². The van der Waals surface area contributed by atoms with E-state index >= 15 is 0 Å². The van der Waals surface area contributed by atoms with Crippen molar-refractivity contribution < 1.29 is 19.4 Å². The molecule has 0 saturated carbocycles. The van der Waals surface area contributed by atoms with Crippen molar-refractivity contribution in [1.82, 2.24) is 5.32 Å². The predicted octanol–water partition coefficient (Wildman–Crippen LogP) is 2.34. The Labute approximate surface area is 122 Å². The summed E-state index contributed by atoms with van der Waals surface area (Å²) in [4.78, 5) is 22.0. The molecule has 0 aliphatic heterocycles. The zero-order chi connectivity index (χ0) is 15.0. The molecule has 110 valence electrons. The van der Waals surface area contributed by atoms with Crippen LogP contribution in [0, 0.1) is 5.92 Å². The normalized spacial score (nSPS) is 11.7. The SMILES string of the molecule is CC(CNC(=O)CCCOc1ccccc1Cl)C(=O)O. The Morgan fingerprint density at radius 2 is 2.10 bits per heavy atom. The minimum absolute atomic E-state index is 0.138. The summed E-state index contributed by atoms with van der Waals surface area (Å²) in [5.74, 6) is -1.10. The van der Waals surface area contributed by atoms with Crippen LogP contribution in [0.2, 0.25) is 5.02 Å². The van der Waals surface area contributed by atoms with E-state index in [9.17, 15) is 9.59 Å². The molecule has 5 nitrogen and oxygen atoms in total. The third kappa shape index (κ3) is 5.93. The fraction of sp³-hybridized carbons (Fsp3) is 0.429. The molecule has 0 bridgehead atoms. The lowest BCUT2D eigenvalue weighted by Gasteiger charge is -2.09. The van der Waals surface area contributed by atoms with Crippen LogP contribution in [0.5, 0.6) is 5.75 Å². The number of benzene rings is 1. The summed E-state index contributed by atoms with van der Waals surface area (Å²) in [6.45, 7) is 2.06. The number of hydrogen-bond donors (Lipinski definition) is 2. The van der Waals surface area contributed by atoms with Crippen molar-refractivity contribution in [2.75, 3.05) is 13.2 Å². The van der Waals surface area contributed by atoms with Crippen molar-refractivity contribution >= 4 is 23.5 Å². The maximum absolute atomic E-state index is 11.5. The van der Waals surface area contributed by atoms with Crippen LogP contribution in [0.3, 0.4) is 0 Å². The number of ether oxygens (including phenoxy) is 1. The molecule has 6 heteroatoms. The van der Waals surface area contributed by atoms with Gasteiger partial charge >= 0.3 is 5.97 Å². The molecule has 0 aromatic heterocycles. The van der Waals surface area contributed by atoms with Gasteiger partial charge in [-0.1, -0.05) is 30.7 Å². The lowest BCUT2D eigenvalue weighted by Crippen LogP contribution is -2.31. The topological polar surface area (TPSA) is 75.6 Å². The molecule has 1 rings (SSSR count). The maximum atomic E-state index is 11.5. The standard InChI is InChI=1S/C14H18ClNO4/c1-10(14(18)19)9-16-13(17)7-4-8-20-12-6-3-2-5-11(12)15/h2-3,5-6,10H,4,7-9H2,1H3,(H,16,17)(H,18,19). The number of halogens is 1. The Balaban J connectivity index is 2.16. The maximum Gasteiger partial charge on any atom is 0.308 e. The number of nitrogens with one attached hydrogen (secondary N) is 1. The van der Waals surface area contributed by atoms with Gasteiger partial charge in [-0.05, 0) is 18.6 Å². The van der Waals surface area contributed by atoms with E-state index in [2.05, 4.69) is 5.32 Å². The van der Waals surface area contributed by atoms with E-state index in [4.69, 9.17) is 21.4 Å². The summed E-state index contributed by atoms with van der Waals surface area (Å²) in [7, 11) is 0. The zero-order valence-corrected chi connectivity index (χ0v) is 12.0. The summed E-state index contributed by atoms with van der Waals surface area (Å²) in [6.07, 6.45) is 0.829. The average Bonchev–Trinajstić information content (AvgIpc) is 2.42. The van der Waals surface area contributed by atoms with Crippen LogP contribution in [-0.4, -0.2) is 30.1 Å². The Bertz CT molecular complexity index is 464. The first-order chi connectivity index (χ1) is 9.50. The molecule has 0 heterocycles. The molecule has 1 aromatic carbocycles. The van der Waals surface area contributed by atoms with Gasteiger partial charge < -0.3 is 15.2 Å². The quantitative estimate of drug-likeness (QED) is 0.722. The van der Waals surface area contributed by atoms with Crippen molar-refractivity contribution in [3.05, 3.63) is 29.3 Å². The van der Waals surface area contributed by atoms with E-state index in [0.29, 0.717) is 23.8 Å². The van der Waals surface area contributed by atoms with Gasteiger partial charge in [-0.25, -0.2) is 0 Å². The predicted molar refractivity (Wildman–Crippen MR) is 76.0 cm³/mol. The summed E-state index contributed by atoms with van der Waals surface area (Å²) in [5.41, 5.74) is 0. The summed E-state index contributed by atoms with van der Waals surface area (Å²) < 4.78 is 5.44. The number of aliphatic carboxylic acids is 1. The molecule has 0 aliphatic rings. The monoisotopic (exact) mass is 299 g/mol. The molecule has 0 radical (unpaired) electrons. The summed E-state index contributed by atoms with van der Waals surface area (Å²) in [6, 6.07) is 7.13. The highest BCUT2D eigenvalue weighted by Gasteiger charge is 2.11. The molecule has 1 amide bonds. The third-order valence-electron chi connectivity index (χ3n) is 2.67. The number of hydrogen-bond acceptors (Lipinski definition) is 3. The van der Waals surface area contributed by atoms with Crippen molar-refractivity contribution in [2.45, 2.75) is 19.8 Å². The molecule has 0 fully saturated rings. The van der Waals surface area contributed by atoms with E-state index in [-0.39, 0.29) is 18.9 Å². The van der Waals surface area contributed by atoms with Crippen molar-refractivity contribution in [3.63, 3.8) is 0 Å². The first kappa shape index (κ1) is 16.3. The average molecular weight is 300 g/mol. The van der Waals surface area contributed by atoms with Gasteiger partial charge in [0, 0.05) is 13.0 Å². The molecule has 0 aliphatic carbocycles. The van der Waals surface area contributed by atoms with Crippen molar-refractivity contribution in [2.24, 2.45) is 5.92 Å². The van der Waals surface area contributed by atoms with E-state index in [1.165, 1.54) is 0 Å². The molecular formula is C14H18ClNO4. The van der Waals surface area contributed by atoms with Crippen LogP contribution in [0.4, 0.5) is 0 Å². The summed E-state index contributed by atoms with van der Waals surface area (Å²) in [5, 5.41) is 11.8. The van der Waals surface area contributed by atoms with E-state index in [1.807, 2.05) is 12.1 Å². The highest BCUT2D eigenvalue weighted by Crippen LogP contribution is 2.23. The Hall–Kier alpha value is -1.75. The Morgan fingerprint density at radius 3 is 2.75 bits per heavy atom. The molecular weight excluding hydrogens is 282 g/mol. The minimum atomic E-state index is -0.924. The molecule has 1 atom stereocenters. The number of rotatable bonds is 8. The molecule has 1 unspecified atom stereocenters. The van der Waals surface area contributed by atoms with Crippen molar-refractivity contribution in [3.8, 4) is 5.75 Å². The molecule has 0 spiro atoms. The van der Waals surface area contributed by atoms with Crippen LogP contribution < -0.4 is 10.1 Å². The third-order valence-corrected chi connectivity index (χ3v) is 2.98. The lowest BCUT2D eigenvalue weighted by molar-refractivity contribution is -0.141. The van der Waals surface area contributed by atoms with E-state index in [1.54, 1.807) is 19.1 Å². The van der Waals surface area contributed by atoms with Crippen molar-refractivity contribution in [1.29, 1.82) is 0 Å². The molecule has 2 N–H and O–H groups in total. The van der Waals surface area contributed by atoms with Gasteiger partial charge in [0.25, 0.3) is 0 Å². The van der Waals surface area contributed by atoms with Gasteiger partial charge in [0.1, 0.15) is 5.75 Å². The number of carboxylic acids is 1. The second-order valence-electron chi connectivity index (χ2n) is 4.43. The number of carboxylic acid groups (broad SMARTS) is 1. The van der Waals surface area contributed by atoms with Gasteiger partial charge in [0.2, 0.25) is 5.91 Å². The molecule has 20 heavy (non-hydrogen) atoms. The van der Waals surface area contributed by atoms with Gasteiger partial charge in [-0.2, -0.15) is 0 Å². The van der Waals surface area contributed by atoms with Gasteiger partial charge in [0.05, 0.1) is 17.5 Å². The number of para-hydroxylation sites is 1. The second kappa shape index (κ2) is 8.43. The van der Waals surface area contributed by atoms with Crippen LogP contribution in [0.1, 0.15) is 19.8 Å². The highest BCUT2D eigenvalue weighted by molar-refractivity contribution is 6.32. The van der Waals surface area contributed by atoms with Gasteiger partial charge in [-0.15, -0.1) is 0 Å². The first-order valence-electron chi connectivity index (χ1n) is 6.37. The van der Waals surface area contributed by atoms with Gasteiger partial charge in [-0.3, -0.25) is 9.59 Å². The second-order valence-corrected chi connectivity index (χ2v) is 4.83. The fourth-order valence-corrected chi connectivity index (χ4v) is 1.61. The zero-order valence-electron chi connectivity index (χ0n) is 11.3. The first-order valence-corrected chi connectivity index (χ1v) is 6.75.